The van der Waals surface area contributed by atoms with E-state index in [0.717, 1.165) is 12.5 Å². The summed E-state index contributed by atoms with van der Waals surface area (Å²) in [5.41, 5.74) is 0. The van der Waals surface area contributed by atoms with E-state index >= 15 is 0 Å². The Kier molecular flexibility index (Phi) is 5.97. The zero-order chi connectivity index (χ0) is 12.8. The van der Waals surface area contributed by atoms with Gasteiger partial charge in [-0.05, 0) is 57.4 Å². The van der Waals surface area contributed by atoms with Crippen LogP contribution in [-0.2, 0) is 4.74 Å². The van der Waals surface area contributed by atoms with Gasteiger partial charge in [0.25, 0.3) is 0 Å². The van der Waals surface area contributed by atoms with Gasteiger partial charge in [-0.25, -0.2) is 0 Å². The maximum absolute atomic E-state index is 6.43. The summed E-state index contributed by atoms with van der Waals surface area (Å²) in [6.45, 7) is 5.77. The van der Waals surface area contributed by atoms with Crippen LogP contribution in [0.15, 0.2) is 0 Å². The van der Waals surface area contributed by atoms with Crippen molar-refractivity contribution in [2.75, 3.05) is 6.54 Å². The molecular weight excluding hydrogens is 222 g/mol. The maximum Gasteiger partial charge on any atom is 0.0731 e. The van der Waals surface area contributed by atoms with Crippen molar-refractivity contribution in [3.8, 4) is 0 Å². The van der Waals surface area contributed by atoms with Crippen molar-refractivity contribution in [1.82, 2.24) is 5.32 Å². The van der Waals surface area contributed by atoms with Crippen LogP contribution in [0.3, 0.4) is 0 Å². The van der Waals surface area contributed by atoms with Gasteiger partial charge < -0.3 is 10.1 Å². The Morgan fingerprint density at radius 1 is 1.00 bits per heavy atom. The van der Waals surface area contributed by atoms with Crippen molar-refractivity contribution in [2.45, 2.75) is 89.9 Å². The lowest BCUT2D eigenvalue weighted by atomic mass is 9.87. The van der Waals surface area contributed by atoms with Crippen molar-refractivity contribution in [1.29, 1.82) is 0 Å². The van der Waals surface area contributed by atoms with E-state index in [1.165, 1.54) is 57.8 Å². The average Bonchev–Trinajstić information content (AvgIpc) is 2.40. The Bertz CT molecular complexity index is 223. The van der Waals surface area contributed by atoms with Gasteiger partial charge in [-0.2, -0.15) is 0 Å². The number of nitrogens with one attached hydrogen (secondary N) is 1. The first-order valence-electron chi connectivity index (χ1n) is 8.18. The molecule has 0 aliphatic heterocycles. The normalized spacial score (nSPS) is 37.7. The fourth-order valence-corrected chi connectivity index (χ4v) is 3.44. The summed E-state index contributed by atoms with van der Waals surface area (Å²) in [7, 11) is 0. The molecule has 2 atom stereocenters. The van der Waals surface area contributed by atoms with E-state index in [1.54, 1.807) is 0 Å². The minimum absolute atomic E-state index is 0.490. The Balaban J connectivity index is 1.77. The molecule has 2 aliphatic rings. The SMILES string of the molecule is CCCNC1CCCCC1OC1CCC(C)CC1. The molecular formula is C16H31NO. The lowest BCUT2D eigenvalue weighted by molar-refractivity contribution is -0.0643. The largest absolute Gasteiger partial charge is 0.373 e. The van der Waals surface area contributed by atoms with Gasteiger partial charge in [0.05, 0.1) is 12.2 Å². The molecule has 2 rings (SSSR count). The van der Waals surface area contributed by atoms with Crippen LogP contribution in [0, 0.1) is 5.92 Å². The first kappa shape index (κ1) is 14.3. The Labute approximate surface area is 113 Å². The van der Waals surface area contributed by atoms with Gasteiger partial charge >= 0.3 is 0 Å². The summed E-state index contributed by atoms with van der Waals surface area (Å²) >= 11 is 0. The molecule has 2 heteroatoms. The molecule has 106 valence electrons. The molecule has 0 heterocycles. The van der Waals surface area contributed by atoms with Gasteiger partial charge in [0.2, 0.25) is 0 Å². The predicted molar refractivity (Wildman–Crippen MR) is 76.8 cm³/mol. The Hall–Kier alpha value is -0.0800. The highest BCUT2D eigenvalue weighted by Crippen LogP contribution is 2.29. The van der Waals surface area contributed by atoms with Gasteiger partial charge in [-0.15, -0.1) is 0 Å². The van der Waals surface area contributed by atoms with Crippen LogP contribution < -0.4 is 5.32 Å². The minimum atomic E-state index is 0.490. The second-order valence-corrected chi connectivity index (χ2v) is 6.40. The van der Waals surface area contributed by atoms with E-state index in [2.05, 4.69) is 19.2 Å². The first-order chi connectivity index (χ1) is 8.79. The molecule has 2 aliphatic carbocycles. The number of hydrogen-bond donors (Lipinski definition) is 1. The summed E-state index contributed by atoms with van der Waals surface area (Å²) in [6, 6.07) is 0.623. The molecule has 0 aromatic rings. The molecule has 2 unspecified atom stereocenters. The first-order valence-corrected chi connectivity index (χ1v) is 8.18. The third-order valence-corrected chi connectivity index (χ3v) is 4.69. The number of rotatable bonds is 5. The van der Waals surface area contributed by atoms with Crippen LogP contribution in [0.2, 0.25) is 0 Å². The molecule has 0 aromatic heterocycles. The molecule has 0 spiro atoms. The molecule has 0 radical (unpaired) electrons. The lowest BCUT2D eigenvalue weighted by Gasteiger charge is -2.37. The molecule has 2 saturated carbocycles. The standard InChI is InChI=1S/C16H31NO/c1-3-12-17-15-6-4-5-7-16(15)18-14-10-8-13(2)9-11-14/h13-17H,3-12H2,1-2H3. The Morgan fingerprint density at radius 3 is 2.44 bits per heavy atom. The monoisotopic (exact) mass is 253 g/mol. The second-order valence-electron chi connectivity index (χ2n) is 6.40. The van der Waals surface area contributed by atoms with E-state index < -0.39 is 0 Å². The molecule has 0 aromatic carbocycles. The van der Waals surface area contributed by atoms with Gasteiger partial charge in [-0.1, -0.05) is 26.7 Å². The van der Waals surface area contributed by atoms with E-state index in [9.17, 15) is 0 Å². The molecule has 18 heavy (non-hydrogen) atoms. The third kappa shape index (κ3) is 4.24. The Morgan fingerprint density at radius 2 is 1.72 bits per heavy atom. The molecule has 0 bridgehead atoms. The van der Waals surface area contributed by atoms with E-state index in [1.807, 2.05) is 0 Å². The van der Waals surface area contributed by atoms with Gasteiger partial charge in [0.15, 0.2) is 0 Å². The predicted octanol–water partition coefficient (Wildman–Crippen LogP) is 3.89. The minimum Gasteiger partial charge on any atom is -0.373 e. The van der Waals surface area contributed by atoms with Crippen molar-refractivity contribution in [3.05, 3.63) is 0 Å². The highest BCUT2D eigenvalue weighted by atomic mass is 16.5. The lowest BCUT2D eigenvalue weighted by Crippen LogP contribution is -2.45. The van der Waals surface area contributed by atoms with Crippen LogP contribution in [0.1, 0.15) is 71.6 Å². The molecule has 0 saturated heterocycles. The van der Waals surface area contributed by atoms with E-state index in [-0.39, 0.29) is 0 Å². The number of hydrogen-bond acceptors (Lipinski definition) is 2. The summed E-state index contributed by atoms with van der Waals surface area (Å²) < 4.78 is 6.43. The molecule has 0 amide bonds. The van der Waals surface area contributed by atoms with Crippen molar-refractivity contribution < 1.29 is 4.74 Å². The second kappa shape index (κ2) is 7.49. The zero-order valence-electron chi connectivity index (χ0n) is 12.3. The van der Waals surface area contributed by atoms with Crippen LogP contribution in [-0.4, -0.2) is 24.8 Å². The summed E-state index contributed by atoms with van der Waals surface area (Å²) in [6.07, 6.45) is 12.9. The highest BCUT2D eigenvalue weighted by Gasteiger charge is 2.29. The summed E-state index contributed by atoms with van der Waals surface area (Å²) in [5.74, 6) is 0.921. The van der Waals surface area contributed by atoms with Gasteiger partial charge in [0.1, 0.15) is 0 Å². The number of ether oxygens (including phenoxy) is 1. The van der Waals surface area contributed by atoms with Crippen LogP contribution in [0.4, 0.5) is 0 Å². The topological polar surface area (TPSA) is 21.3 Å². The fraction of sp³-hybridized carbons (Fsp3) is 1.00. The highest BCUT2D eigenvalue weighted by molar-refractivity contribution is 4.83. The van der Waals surface area contributed by atoms with Crippen molar-refractivity contribution in [2.24, 2.45) is 5.92 Å². The van der Waals surface area contributed by atoms with E-state index in [4.69, 9.17) is 4.74 Å². The fourth-order valence-electron chi connectivity index (χ4n) is 3.44. The average molecular weight is 253 g/mol. The van der Waals surface area contributed by atoms with Crippen LogP contribution in [0.25, 0.3) is 0 Å². The molecule has 2 nitrogen and oxygen atoms in total. The molecule has 2 fully saturated rings. The van der Waals surface area contributed by atoms with Crippen LogP contribution in [0.5, 0.6) is 0 Å². The maximum atomic E-state index is 6.43. The smallest absolute Gasteiger partial charge is 0.0731 e. The zero-order valence-corrected chi connectivity index (χ0v) is 12.3. The quantitative estimate of drug-likeness (QED) is 0.802. The van der Waals surface area contributed by atoms with Crippen molar-refractivity contribution >= 4 is 0 Å². The van der Waals surface area contributed by atoms with Gasteiger partial charge in [-0.3, -0.25) is 0 Å². The van der Waals surface area contributed by atoms with Crippen molar-refractivity contribution in [3.63, 3.8) is 0 Å². The summed E-state index contributed by atoms with van der Waals surface area (Å²) in [5, 5.41) is 3.69. The summed E-state index contributed by atoms with van der Waals surface area (Å²) in [4.78, 5) is 0. The molecule has 1 N–H and O–H groups in total. The van der Waals surface area contributed by atoms with E-state index in [0.29, 0.717) is 18.2 Å². The third-order valence-electron chi connectivity index (χ3n) is 4.69. The van der Waals surface area contributed by atoms with Crippen LogP contribution >= 0.6 is 0 Å². The van der Waals surface area contributed by atoms with Gasteiger partial charge in [0, 0.05) is 6.04 Å².